The Morgan fingerprint density at radius 1 is 1.09 bits per heavy atom. The van der Waals surface area contributed by atoms with E-state index in [9.17, 15) is 18.0 Å². The second-order valence-corrected chi connectivity index (χ2v) is 7.28. The minimum absolute atomic E-state index is 0.0259. The second kappa shape index (κ2) is 6.91. The quantitative estimate of drug-likeness (QED) is 0.839. The number of hydrogen-bond acceptors (Lipinski definition) is 4. The van der Waals surface area contributed by atoms with E-state index in [0.29, 0.717) is 12.1 Å². The van der Waals surface area contributed by atoms with Crippen molar-refractivity contribution in [3.63, 3.8) is 0 Å². The third-order valence-corrected chi connectivity index (χ3v) is 4.88. The summed E-state index contributed by atoms with van der Waals surface area (Å²) in [5.41, 5.74) is 0.00660. The highest BCUT2D eigenvalue weighted by atomic mass is 32.2. The average Bonchev–Trinajstić information content (AvgIpc) is 2.47. The van der Waals surface area contributed by atoms with Crippen molar-refractivity contribution in [3.8, 4) is 0 Å². The Morgan fingerprint density at radius 2 is 1.64 bits per heavy atom. The monoisotopic (exact) mass is 326 g/mol. The van der Waals surface area contributed by atoms with E-state index in [1.165, 1.54) is 24.3 Å². The first-order chi connectivity index (χ1) is 10.1. The van der Waals surface area contributed by atoms with E-state index in [1.807, 2.05) is 25.5 Å². The maximum Gasteiger partial charge on any atom is 0.264 e. The molecule has 0 heterocycles. The Morgan fingerprint density at radius 3 is 2.09 bits per heavy atom. The smallest absolute Gasteiger partial charge is 0.264 e. The van der Waals surface area contributed by atoms with Crippen molar-refractivity contribution < 1.29 is 18.0 Å². The molecule has 0 aliphatic carbocycles. The molecule has 7 heteroatoms. The van der Waals surface area contributed by atoms with Gasteiger partial charge in [-0.05, 0) is 30.7 Å². The fraction of sp³-hybridized carbons (Fsp3) is 0.467. The molecule has 0 aromatic heterocycles. The molecule has 2 N–H and O–H groups in total. The van der Waals surface area contributed by atoms with Crippen molar-refractivity contribution in [2.24, 2.45) is 5.41 Å². The zero-order chi connectivity index (χ0) is 17.0. The molecular formula is C15H22N2O4S. The Kier molecular flexibility index (Phi) is 5.71. The molecule has 0 radical (unpaired) electrons. The molecule has 1 aromatic rings. The van der Waals surface area contributed by atoms with Crippen LogP contribution in [0.4, 0.5) is 5.69 Å². The third kappa shape index (κ3) is 4.56. The van der Waals surface area contributed by atoms with Crippen LogP contribution in [0.2, 0.25) is 0 Å². The van der Waals surface area contributed by atoms with Crippen molar-refractivity contribution in [1.82, 2.24) is 4.72 Å². The molecule has 2 amide bonds. The summed E-state index contributed by atoms with van der Waals surface area (Å²) in [6.07, 6.45) is 0.772. The number of carbonyl (C=O) groups excluding carboxylic acids is 2. The van der Waals surface area contributed by atoms with Crippen LogP contribution in [0.3, 0.4) is 0 Å². The Hall–Kier alpha value is -1.89. The second-order valence-electron chi connectivity index (χ2n) is 5.60. The van der Waals surface area contributed by atoms with E-state index < -0.39 is 21.3 Å². The highest BCUT2D eigenvalue weighted by Crippen LogP contribution is 2.23. The summed E-state index contributed by atoms with van der Waals surface area (Å²) in [4.78, 5) is 23.2. The summed E-state index contributed by atoms with van der Waals surface area (Å²) in [5.74, 6) is -0.702. The van der Waals surface area contributed by atoms with Crippen LogP contribution in [0.5, 0.6) is 0 Å². The van der Waals surface area contributed by atoms with Gasteiger partial charge in [0.1, 0.15) is 0 Å². The van der Waals surface area contributed by atoms with Gasteiger partial charge in [-0.2, -0.15) is 0 Å². The van der Waals surface area contributed by atoms with Crippen LogP contribution in [0.15, 0.2) is 29.2 Å². The lowest BCUT2D eigenvalue weighted by atomic mass is 9.89. The predicted molar refractivity (Wildman–Crippen MR) is 84.8 cm³/mol. The average molecular weight is 326 g/mol. The number of hydrogen-bond donors (Lipinski definition) is 2. The van der Waals surface area contributed by atoms with Crippen molar-refractivity contribution in [2.45, 2.75) is 45.4 Å². The number of amides is 2. The fourth-order valence-corrected chi connectivity index (χ4v) is 2.52. The lowest BCUT2D eigenvalue weighted by Crippen LogP contribution is -2.30. The minimum Gasteiger partial charge on any atom is -0.326 e. The molecule has 6 nitrogen and oxygen atoms in total. The van der Waals surface area contributed by atoms with Gasteiger partial charge in [-0.25, -0.2) is 13.1 Å². The van der Waals surface area contributed by atoms with Crippen molar-refractivity contribution in [2.75, 3.05) is 5.32 Å². The van der Waals surface area contributed by atoms with E-state index in [0.717, 1.165) is 0 Å². The van der Waals surface area contributed by atoms with E-state index >= 15 is 0 Å². The molecular weight excluding hydrogens is 304 g/mol. The zero-order valence-electron chi connectivity index (χ0n) is 13.3. The molecule has 0 bridgehead atoms. The maximum atomic E-state index is 12.0. The minimum atomic E-state index is -3.86. The normalized spacial score (nSPS) is 11.8. The molecule has 1 aromatic carbocycles. The number of sulfonamides is 1. The molecule has 0 fully saturated rings. The van der Waals surface area contributed by atoms with Crippen LogP contribution in [0.1, 0.15) is 40.5 Å². The molecule has 0 saturated heterocycles. The van der Waals surface area contributed by atoms with E-state index in [4.69, 9.17) is 0 Å². The number of carbonyl (C=O) groups is 2. The first kappa shape index (κ1) is 18.2. The first-order valence-electron chi connectivity index (χ1n) is 7.09. The van der Waals surface area contributed by atoms with E-state index in [1.54, 1.807) is 6.92 Å². The van der Waals surface area contributed by atoms with Crippen molar-refractivity contribution in [1.29, 1.82) is 0 Å². The summed E-state index contributed by atoms with van der Waals surface area (Å²) in [6, 6.07) is 5.68. The molecule has 22 heavy (non-hydrogen) atoms. The van der Waals surface area contributed by atoms with Crippen LogP contribution in [0, 0.1) is 5.41 Å². The highest BCUT2D eigenvalue weighted by Gasteiger charge is 2.25. The molecule has 0 atom stereocenters. The van der Waals surface area contributed by atoms with Gasteiger partial charge in [0.15, 0.2) is 0 Å². The molecule has 122 valence electrons. The summed E-state index contributed by atoms with van der Waals surface area (Å²) >= 11 is 0. The molecule has 0 unspecified atom stereocenters. The lowest BCUT2D eigenvalue weighted by molar-refractivity contribution is -0.124. The van der Waals surface area contributed by atoms with Gasteiger partial charge in [0.05, 0.1) is 4.90 Å². The lowest BCUT2D eigenvalue weighted by Gasteiger charge is -2.21. The first-order valence-corrected chi connectivity index (χ1v) is 8.58. The molecule has 0 saturated carbocycles. The third-order valence-electron chi connectivity index (χ3n) is 3.49. The van der Waals surface area contributed by atoms with Gasteiger partial charge < -0.3 is 5.32 Å². The van der Waals surface area contributed by atoms with Crippen LogP contribution >= 0.6 is 0 Å². The van der Waals surface area contributed by atoms with Gasteiger partial charge in [-0.15, -0.1) is 0 Å². The van der Waals surface area contributed by atoms with E-state index in [-0.39, 0.29) is 17.2 Å². The summed E-state index contributed by atoms with van der Waals surface area (Å²) in [7, 11) is -3.86. The summed E-state index contributed by atoms with van der Waals surface area (Å²) in [5, 5.41) is 2.74. The SMILES string of the molecule is CCC(=O)NS(=O)(=O)c1ccc(NC(=O)C(C)(C)CC)cc1. The summed E-state index contributed by atoms with van der Waals surface area (Å²) in [6.45, 7) is 7.16. The predicted octanol–water partition coefficient (Wildman–Crippen LogP) is 2.28. The van der Waals surface area contributed by atoms with Gasteiger partial charge in [0, 0.05) is 17.5 Å². The standard InChI is InChI=1S/C15H22N2O4S/c1-5-13(18)17-22(20,21)12-9-7-11(8-10-12)16-14(19)15(3,4)6-2/h7-10H,5-6H2,1-4H3,(H,16,19)(H,17,18). The zero-order valence-corrected chi connectivity index (χ0v) is 14.1. The fourth-order valence-electron chi connectivity index (χ4n) is 1.46. The Labute approximate surface area is 131 Å². The van der Waals surface area contributed by atoms with Gasteiger partial charge in [0.2, 0.25) is 11.8 Å². The van der Waals surface area contributed by atoms with Crippen LogP contribution in [-0.4, -0.2) is 20.2 Å². The van der Waals surface area contributed by atoms with Crippen molar-refractivity contribution >= 4 is 27.5 Å². The van der Waals surface area contributed by atoms with Gasteiger partial charge >= 0.3 is 0 Å². The van der Waals surface area contributed by atoms with Crippen LogP contribution in [-0.2, 0) is 19.6 Å². The van der Waals surface area contributed by atoms with Crippen LogP contribution < -0.4 is 10.0 Å². The Balaban J connectivity index is 2.88. The maximum absolute atomic E-state index is 12.0. The van der Waals surface area contributed by atoms with Gasteiger partial charge in [-0.1, -0.05) is 27.7 Å². The molecule has 0 aliphatic heterocycles. The topological polar surface area (TPSA) is 92.3 Å². The molecule has 1 rings (SSSR count). The largest absolute Gasteiger partial charge is 0.326 e. The summed E-state index contributed by atoms with van der Waals surface area (Å²) < 4.78 is 25.8. The van der Waals surface area contributed by atoms with Gasteiger partial charge in [0.25, 0.3) is 10.0 Å². The number of anilines is 1. The molecule has 0 aliphatic rings. The van der Waals surface area contributed by atoms with E-state index in [2.05, 4.69) is 5.32 Å². The van der Waals surface area contributed by atoms with Crippen molar-refractivity contribution in [3.05, 3.63) is 24.3 Å². The number of rotatable bonds is 6. The number of nitrogens with one attached hydrogen (secondary N) is 2. The Bertz CT molecular complexity index is 649. The highest BCUT2D eigenvalue weighted by molar-refractivity contribution is 7.90. The number of benzene rings is 1. The van der Waals surface area contributed by atoms with Crippen LogP contribution in [0.25, 0.3) is 0 Å². The molecule has 0 spiro atoms. The van der Waals surface area contributed by atoms with Gasteiger partial charge in [-0.3, -0.25) is 9.59 Å².